The highest BCUT2D eigenvalue weighted by Crippen LogP contribution is 2.27. The number of piperidine rings is 1. The molecule has 0 N–H and O–H groups in total. The zero-order chi connectivity index (χ0) is 17.8. The summed E-state index contributed by atoms with van der Waals surface area (Å²) in [5.74, 6) is 0.578. The van der Waals surface area contributed by atoms with Crippen LogP contribution in [0.2, 0.25) is 0 Å². The van der Waals surface area contributed by atoms with E-state index in [-0.39, 0.29) is 11.9 Å². The van der Waals surface area contributed by atoms with Gasteiger partial charge in [-0.15, -0.1) is 0 Å². The molecule has 2 aromatic carbocycles. The maximum absolute atomic E-state index is 12.9. The summed E-state index contributed by atoms with van der Waals surface area (Å²) in [4.78, 5) is 6.97. The van der Waals surface area contributed by atoms with Crippen molar-refractivity contribution < 1.29 is 9.13 Å². The molecule has 1 saturated heterocycles. The Bertz CT molecular complexity index is 830. The third kappa shape index (κ3) is 4.08. The van der Waals surface area contributed by atoms with Gasteiger partial charge >= 0.3 is 0 Å². The summed E-state index contributed by atoms with van der Waals surface area (Å²) in [6.45, 7) is 2.36. The van der Waals surface area contributed by atoms with E-state index in [1.807, 2.05) is 30.3 Å². The van der Waals surface area contributed by atoms with Crippen LogP contribution < -0.4 is 4.90 Å². The molecule has 0 radical (unpaired) electrons. The van der Waals surface area contributed by atoms with E-state index in [0.29, 0.717) is 6.61 Å². The van der Waals surface area contributed by atoms with E-state index in [2.05, 4.69) is 14.3 Å². The Hall–Kier alpha value is -2.31. The van der Waals surface area contributed by atoms with Gasteiger partial charge in [0.2, 0.25) is 5.13 Å². The van der Waals surface area contributed by atoms with Gasteiger partial charge in [0, 0.05) is 30.2 Å². The average molecular weight is 369 g/mol. The Balaban J connectivity index is 1.30. The van der Waals surface area contributed by atoms with Gasteiger partial charge in [-0.2, -0.15) is 9.36 Å². The van der Waals surface area contributed by atoms with Crippen LogP contribution in [0.5, 0.6) is 0 Å². The molecule has 4 nitrogen and oxygen atoms in total. The van der Waals surface area contributed by atoms with Gasteiger partial charge in [-0.25, -0.2) is 4.39 Å². The first-order chi connectivity index (χ1) is 12.8. The predicted octanol–water partition coefficient (Wildman–Crippen LogP) is 4.53. The summed E-state index contributed by atoms with van der Waals surface area (Å²) in [5.41, 5.74) is 2.05. The zero-order valence-corrected chi connectivity index (χ0v) is 15.2. The van der Waals surface area contributed by atoms with Crippen LogP contribution >= 0.6 is 11.5 Å². The van der Waals surface area contributed by atoms with Gasteiger partial charge in [0.25, 0.3) is 0 Å². The monoisotopic (exact) mass is 369 g/mol. The molecule has 134 valence electrons. The lowest BCUT2D eigenvalue weighted by atomic mass is 10.1. The van der Waals surface area contributed by atoms with Crippen LogP contribution in [0.3, 0.4) is 0 Å². The van der Waals surface area contributed by atoms with Gasteiger partial charge in [0.1, 0.15) is 5.82 Å². The molecule has 0 aliphatic carbocycles. The minimum absolute atomic E-state index is 0.214. The Morgan fingerprint density at radius 2 is 1.77 bits per heavy atom. The Kier molecular flexibility index (Phi) is 5.22. The molecular formula is C20H20FN3OS. The van der Waals surface area contributed by atoms with Crippen LogP contribution in [0.1, 0.15) is 18.4 Å². The summed E-state index contributed by atoms with van der Waals surface area (Å²) >= 11 is 1.45. The fraction of sp³-hybridized carbons (Fsp3) is 0.300. The SMILES string of the molecule is Fc1ccc(COC2CCN(c3nc(-c4ccccc4)ns3)CC2)cc1. The molecule has 1 fully saturated rings. The van der Waals surface area contributed by atoms with E-state index in [0.717, 1.165) is 48.0 Å². The van der Waals surface area contributed by atoms with Crippen molar-refractivity contribution in [3.05, 3.63) is 66.0 Å². The van der Waals surface area contributed by atoms with E-state index >= 15 is 0 Å². The van der Waals surface area contributed by atoms with Gasteiger partial charge < -0.3 is 9.64 Å². The lowest BCUT2D eigenvalue weighted by molar-refractivity contribution is 0.0251. The number of ether oxygens (including phenoxy) is 1. The first-order valence-corrected chi connectivity index (χ1v) is 9.55. The van der Waals surface area contributed by atoms with Crippen molar-refractivity contribution in [2.45, 2.75) is 25.6 Å². The summed E-state index contributed by atoms with van der Waals surface area (Å²) in [7, 11) is 0. The highest BCUT2D eigenvalue weighted by Gasteiger charge is 2.22. The van der Waals surface area contributed by atoms with E-state index in [1.54, 1.807) is 12.1 Å². The molecule has 0 saturated carbocycles. The molecule has 4 rings (SSSR count). The number of rotatable bonds is 5. The summed E-state index contributed by atoms with van der Waals surface area (Å²) in [6.07, 6.45) is 2.15. The molecule has 2 heterocycles. The van der Waals surface area contributed by atoms with Crippen molar-refractivity contribution >= 4 is 16.7 Å². The third-order valence-electron chi connectivity index (χ3n) is 4.56. The molecule has 6 heteroatoms. The molecule has 3 aromatic rings. The van der Waals surface area contributed by atoms with E-state index in [1.165, 1.54) is 23.7 Å². The standard InChI is InChI=1S/C20H20FN3OS/c21-17-8-6-15(7-9-17)14-25-18-10-12-24(13-11-18)20-22-19(23-26-20)16-4-2-1-3-5-16/h1-9,18H,10-14H2. The lowest BCUT2D eigenvalue weighted by Gasteiger charge is -2.31. The molecule has 26 heavy (non-hydrogen) atoms. The minimum Gasteiger partial charge on any atom is -0.373 e. The number of aromatic nitrogens is 2. The number of hydrogen-bond acceptors (Lipinski definition) is 5. The predicted molar refractivity (Wildman–Crippen MR) is 102 cm³/mol. The number of hydrogen-bond donors (Lipinski definition) is 0. The summed E-state index contributed by atoms with van der Waals surface area (Å²) in [6, 6.07) is 16.5. The minimum atomic E-state index is -0.214. The average Bonchev–Trinajstić information content (AvgIpc) is 3.19. The molecule has 1 aliphatic heterocycles. The molecule has 0 amide bonds. The van der Waals surface area contributed by atoms with Crippen LogP contribution in [0.4, 0.5) is 9.52 Å². The number of nitrogens with zero attached hydrogens (tertiary/aromatic N) is 3. The van der Waals surface area contributed by atoms with Crippen molar-refractivity contribution in [2.75, 3.05) is 18.0 Å². The quantitative estimate of drug-likeness (QED) is 0.662. The van der Waals surface area contributed by atoms with Crippen molar-refractivity contribution in [1.82, 2.24) is 9.36 Å². The zero-order valence-electron chi connectivity index (χ0n) is 14.3. The fourth-order valence-corrected chi connectivity index (χ4v) is 3.80. The maximum atomic E-state index is 12.9. The molecule has 0 atom stereocenters. The van der Waals surface area contributed by atoms with Crippen LogP contribution in [-0.2, 0) is 11.3 Å². The van der Waals surface area contributed by atoms with Crippen LogP contribution in [0, 0.1) is 5.82 Å². The Labute approximate surface area is 156 Å². The topological polar surface area (TPSA) is 38.2 Å². The van der Waals surface area contributed by atoms with E-state index < -0.39 is 0 Å². The Morgan fingerprint density at radius 3 is 2.50 bits per heavy atom. The highest BCUT2D eigenvalue weighted by molar-refractivity contribution is 7.09. The van der Waals surface area contributed by atoms with Crippen LogP contribution in [-0.4, -0.2) is 28.6 Å². The summed E-state index contributed by atoms with van der Waals surface area (Å²) < 4.78 is 23.4. The number of halogens is 1. The van der Waals surface area contributed by atoms with Crippen molar-refractivity contribution in [3.63, 3.8) is 0 Å². The van der Waals surface area contributed by atoms with Crippen molar-refractivity contribution in [1.29, 1.82) is 0 Å². The largest absolute Gasteiger partial charge is 0.373 e. The Morgan fingerprint density at radius 1 is 1.04 bits per heavy atom. The first kappa shape index (κ1) is 17.1. The number of anilines is 1. The first-order valence-electron chi connectivity index (χ1n) is 8.78. The van der Waals surface area contributed by atoms with E-state index in [9.17, 15) is 4.39 Å². The molecule has 0 unspecified atom stereocenters. The van der Waals surface area contributed by atoms with Crippen molar-refractivity contribution in [2.24, 2.45) is 0 Å². The van der Waals surface area contributed by atoms with Gasteiger partial charge in [-0.1, -0.05) is 42.5 Å². The molecule has 1 aliphatic rings. The second-order valence-corrected chi connectivity index (χ2v) is 7.12. The van der Waals surface area contributed by atoms with Gasteiger partial charge in [-0.05, 0) is 30.5 Å². The normalized spacial score (nSPS) is 15.3. The highest BCUT2D eigenvalue weighted by atomic mass is 32.1. The molecular weight excluding hydrogens is 349 g/mol. The lowest BCUT2D eigenvalue weighted by Crippen LogP contribution is -2.36. The van der Waals surface area contributed by atoms with Crippen LogP contribution in [0.15, 0.2) is 54.6 Å². The second-order valence-electron chi connectivity index (χ2n) is 6.39. The molecule has 0 spiro atoms. The summed E-state index contributed by atoms with van der Waals surface area (Å²) in [5, 5.41) is 0.973. The fourth-order valence-electron chi connectivity index (χ4n) is 3.06. The van der Waals surface area contributed by atoms with Crippen LogP contribution in [0.25, 0.3) is 11.4 Å². The molecule has 0 bridgehead atoms. The van der Waals surface area contributed by atoms with E-state index in [4.69, 9.17) is 4.74 Å². The third-order valence-corrected chi connectivity index (χ3v) is 5.34. The van der Waals surface area contributed by atoms with Gasteiger partial charge in [0.15, 0.2) is 5.82 Å². The second kappa shape index (κ2) is 7.93. The van der Waals surface area contributed by atoms with Gasteiger partial charge in [-0.3, -0.25) is 0 Å². The molecule has 1 aromatic heterocycles. The number of benzene rings is 2. The maximum Gasteiger partial charge on any atom is 0.205 e. The smallest absolute Gasteiger partial charge is 0.205 e. The van der Waals surface area contributed by atoms with Gasteiger partial charge in [0.05, 0.1) is 12.7 Å². The van der Waals surface area contributed by atoms with Crippen molar-refractivity contribution in [3.8, 4) is 11.4 Å².